The van der Waals surface area contributed by atoms with E-state index in [1.54, 1.807) is 6.20 Å². The van der Waals surface area contributed by atoms with Crippen molar-refractivity contribution in [2.75, 3.05) is 12.4 Å². The number of aromatic nitrogens is 1. The summed E-state index contributed by atoms with van der Waals surface area (Å²) in [7, 11) is 0. The topological polar surface area (TPSA) is 53.4 Å². The normalized spacial score (nSPS) is 12.8. The van der Waals surface area contributed by atoms with Crippen LogP contribution < -0.4 is 0 Å². The minimum absolute atomic E-state index is 0.214. The van der Waals surface area contributed by atoms with E-state index in [1.807, 2.05) is 24.3 Å². The van der Waals surface area contributed by atoms with Gasteiger partial charge in [-0.05, 0) is 12.1 Å². The highest BCUT2D eigenvalue weighted by Gasteiger charge is 2.09. The molecule has 1 atom stereocenters. The first kappa shape index (κ1) is 13.6. The van der Waals surface area contributed by atoms with Crippen LogP contribution in [0.2, 0.25) is 5.02 Å². The molecule has 2 N–H and O–H groups in total. The summed E-state index contributed by atoms with van der Waals surface area (Å²) in [5.41, 5.74) is 1.88. The quantitative estimate of drug-likeness (QED) is 0.885. The summed E-state index contributed by atoms with van der Waals surface area (Å²) in [6, 6.07) is 7.70. The lowest BCUT2D eigenvalue weighted by Crippen LogP contribution is -2.14. The zero-order valence-corrected chi connectivity index (χ0v) is 11.3. The van der Waals surface area contributed by atoms with Gasteiger partial charge in [0.05, 0.1) is 18.2 Å². The third kappa shape index (κ3) is 3.14. The van der Waals surface area contributed by atoms with Crippen LogP contribution in [-0.4, -0.2) is 33.7 Å². The monoisotopic (exact) mass is 283 g/mol. The maximum absolute atomic E-state index is 9.30. The Morgan fingerprint density at radius 3 is 2.94 bits per heavy atom. The van der Waals surface area contributed by atoms with Crippen LogP contribution in [0.15, 0.2) is 30.5 Å². The van der Waals surface area contributed by atoms with Gasteiger partial charge in [0.2, 0.25) is 0 Å². The number of benzene rings is 1. The van der Waals surface area contributed by atoms with Gasteiger partial charge in [-0.2, -0.15) is 11.8 Å². The zero-order valence-electron chi connectivity index (χ0n) is 9.71. The molecular weight excluding hydrogens is 270 g/mol. The maximum atomic E-state index is 9.30. The van der Waals surface area contributed by atoms with E-state index in [1.165, 1.54) is 11.8 Å². The Morgan fingerprint density at radius 2 is 2.17 bits per heavy atom. The molecule has 1 aromatic heterocycles. The third-order valence-corrected chi connectivity index (χ3v) is 4.06. The van der Waals surface area contributed by atoms with Crippen LogP contribution in [-0.2, 0) is 5.75 Å². The molecule has 0 unspecified atom stereocenters. The van der Waals surface area contributed by atoms with E-state index in [2.05, 4.69) is 4.98 Å². The number of thioether (sulfide) groups is 1. The first-order valence-corrected chi connectivity index (χ1v) is 7.14. The molecule has 0 aliphatic heterocycles. The molecule has 2 aromatic rings. The zero-order chi connectivity index (χ0) is 13.0. The molecule has 5 heteroatoms. The van der Waals surface area contributed by atoms with E-state index in [0.29, 0.717) is 16.5 Å². The number of fused-ring (bicyclic) bond motifs is 1. The molecule has 0 saturated heterocycles. The van der Waals surface area contributed by atoms with Gasteiger partial charge in [-0.15, -0.1) is 0 Å². The van der Waals surface area contributed by atoms with Gasteiger partial charge >= 0.3 is 0 Å². The molecule has 0 amide bonds. The smallest absolute Gasteiger partial charge is 0.0861 e. The molecule has 0 aliphatic rings. The van der Waals surface area contributed by atoms with E-state index in [9.17, 15) is 5.11 Å². The average molecular weight is 284 g/mol. The number of hydrogen-bond donors (Lipinski definition) is 2. The average Bonchev–Trinajstić information content (AvgIpc) is 2.41. The third-order valence-electron chi connectivity index (χ3n) is 2.59. The second-order valence-electron chi connectivity index (χ2n) is 3.95. The second-order valence-corrected chi connectivity index (χ2v) is 5.39. The molecule has 1 aromatic carbocycles. The summed E-state index contributed by atoms with van der Waals surface area (Å²) < 4.78 is 0. The Morgan fingerprint density at radius 1 is 1.33 bits per heavy atom. The lowest BCUT2D eigenvalue weighted by atomic mass is 10.1. The predicted molar refractivity (Wildman–Crippen MR) is 76.0 cm³/mol. The fourth-order valence-corrected chi connectivity index (χ4v) is 2.96. The van der Waals surface area contributed by atoms with Gasteiger partial charge in [-0.25, -0.2) is 0 Å². The highest BCUT2D eigenvalue weighted by atomic mass is 35.5. The van der Waals surface area contributed by atoms with E-state index in [4.69, 9.17) is 16.7 Å². The van der Waals surface area contributed by atoms with Crippen molar-refractivity contribution >= 4 is 34.3 Å². The highest BCUT2D eigenvalue weighted by Crippen LogP contribution is 2.28. The Bertz CT molecular complexity index is 535. The molecule has 0 saturated carbocycles. The van der Waals surface area contributed by atoms with Crippen LogP contribution in [0.1, 0.15) is 5.56 Å². The van der Waals surface area contributed by atoms with Gasteiger partial charge in [0, 0.05) is 33.7 Å². The summed E-state index contributed by atoms with van der Waals surface area (Å²) in [6.07, 6.45) is 1.06. The van der Waals surface area contributed by atoms with Gasteiger partial charge in [0.1, 0.15) is 0 Å². The van der Waals surface area contributed by atoms with Crippen LogP contribution in [0.5, 0.6) is 0 Å². The molecule has 0 aliphatic carbocycles. The number of pyridine rings is 1. The minimum Gasteiger partial charge on any atom is -0.394 e. The second kappa shape index (κ2) is 6.38. The summed E-state index contributed by atoms with van der Waals surface area (Å²) in [5.74, 6) is 1.15. The predicted octanol–water partition coefficient (Wildman–Crippen LogP) is 2.47. The summed E-state index contributed by atoms with van der Waals surface area (Å²) >= 11 is 7.72. The summed E-state index contributed by atoms with van der Waals surface area (Å²) in [5, 5.41) is 19.8. The van der Waals surface area contributed by atoms with Gasteiger partial charge in [0.25, 0.3) is 0 Å². The van der Waals surface area contributed by atoms with Crippen molar-refractivity contribution in [2.45, 2.75) is 11.9 Å². The number of halogens is 1. The van der Waals surface area contributed by atoms with E-state index in [-0.39, 0.29) is 6.61 Å². The van der Waals surface area contributed by atoms with E-state index < -0.39 is 6.10 Å². The Balaban J connectivity index is 2.18. The van der Waals surface area contributed by atoms with Crippen molar-refractivity contribution in [1.29, 1.82) is 0 Å². The van der Waals surface area contributed by atoms with Crippen molar-refractivity contribution in [1.82, 2.24) is 4.98 Å². The van der Waals surface area contributed by atoms with Crippen molar-refractivity contribution in [3.8, 4) is 0 Å². The standard InChI is InChI=1S/C13H14ClNO2S/c14-12-4-3-9-2-1-5-15-13(9)11(12)8-18-7-10(17)6-16/h1-5,10,16-17H,6-8H2/t10-/m0/s1. The number of rotatable bonds is 5. The molecule has 0 fully saturated rings. The van der Waals surface area contributed by atoms with Gasteiger partial charge in [-0.1, -0.05) is 23.7 Å². The van der Waals surface area contributed by atoms with Crippen LogP contribution in [0.4, 0.5) is 0 Å². The number of aliphatic hydroxyl groups is 2. The van der Waals surface area contributed by atoms with E-state index in [0.717, 1.165) is 16.5 Å². The summed E-state index contributed by atoms with van der Waals surface area (Å²) in [4.78, 5) is 4.35. The fraction of sp³-hybridized carbons (Fsp3) is 0.308. The van der Waals surface area contributed by atoms with Crippen LogP contribution in [0.25, 0.3) is 10.9 Å². The van der Waals surface area contributed by atoms with Crippen molar-refractivity contribution in [2.24, 2.45) is 0 Å². The molecule has 0 radical (unpaired) electrons. The van der Waals surface area contributed by atoms with Gasteiger partial charge in [-0.3, -0.25) is 4.98 Å². The molecule has 0 bridgehead atoms. The van der Waals surface area contributed by atoms with Crippen LogP contribution >= 0.6 is 23.4 Å². The first-order chi connectivity index (χ1) is 8.72. The molecule has 0 spiro atoms. The van der Waals surface area contributed by atoms with Crippen molar-refractivity contribution in [3.05, 3.63) is 41.0 Å². The lowest BCUT2D eigenvalue weighted by molar-refractivity contribution is 0.113. The van der Waals surface area contributed by atoms with Crippen LogP contribution in [0, 0.1) is 0 Å². The minimum atomic E-state index is -0.684. The largest absolute Gasteiger partial charge is 0.394 e. The fourth-order valence-electron chi connectivity index (χ4n) is 1.67. The molecule has 3 nitrogen and oxygen atoms in total. The van der Waals surface area contributed by atoms with Gasteiger partial charge < -0.3 is 10.2 Å². The maximum Gasteiger partial charge on any atom is 0.0861 e. The van der Waals surface area contributed by atoms with Crippen molar-refractivity contribution in [3.63, 3.8) is 0 Å². The molecular formula is C13H14ClNO2S. The Hall–Kier alpha value is -0.810. The molecule has 96 valence electrons. The number of hydrogen-bond acceptors (Lipinski definition) is 4. The Labute approximate surface area is 115 Å². The molecule has 2 rings (SSSR count). The molecule has 1 heterocycles. The van der Waals surface area contributed by atoms with Crippen molar-refractivity contribution < 1.29 is 10.2 Å². The highest BCUT2D eigenvalue weighted by molar-refractivity contribution is 7.98. The number of aliphatic hydroxyl groups excluding tert-OH is 2. The van der Waals surface area contributed by atoms with Gasteiger partial charge in [0.15, 0.2) is 0 Å². The van der Waals surface area contributed by atoms with E-state index >= 15 is 0 Å². The summed E-state index contributed by atoms with van der Waals surface area (Å²) in [6.45, 7) is -0.214. The van der Waals surface area contributed by atoms with Crippen LogP contribution in [0.3, 0.4) is 0 Å². The lowest BCUT2D eigenvalue weighted by Gasteiger charge is -2.09. The molecule has 18 heavy (non-hydrogen) atoms. The number of nitrogens with zero attached hydrogens (tertiary/aromatic N) is 1. The SMILES string of the molecule is OC[C@H](O)CSCc1c(Cl)ccc2cccnc12. The first-order valence-electron chi connectivity index (χ1n) is 5.61. The Kier molecular flexibility index (Phi) is 4.83.